The summed E-state index contributed by atoms with van der Waals surface area (Å²) < 4.78 is 66.6. The van der Waals surface area contributed by atoms with Crippen LogP contribution in [0, 0.1) is 23.3 Å². The highest BCUT2D eigenvalue weighted by Crippen LogP contribution is 2.35. The summed E-state index contributed by atoms with van der Waals surface area (Å²) in [5, 5.41) is -1.26. The second-order valence-corrected chi connectivity index (χ2v) is 5.75. The number of nitrogens with zero attached hydrogens (tertiary/aromatic N) is 1. The molecule has 2 nitrogen and oxygen atoms in total. The van der Waals surface area contributed by atoms with E-state index in [4.69, 9.17) is 11.6 Å². The summed E-state index contributed by atoms with van der Waals surface area (Å²) in [7, 11) is -1.79. The average Bonchev–Trinajstić information content (AvgIpc) is 2.37. The minimum Gasteiger partial charge on any atom is -0.282 e. The SMILES string of the molecule is CC1=CCN(c2c(F)c(F)c(Cl)c(F)c2F)S(=O)C1. The Morgan fingerprint density at radius 1 is 1.16 bits per heavy atom. The van der Waals surface area contributed by atoms with Crippen molar-refractivity contribution < 1.29 is 21.8 Å². The monoisotopic (exact) mass is 313 g/mol. The van der Waals surface area contributed by atoms with Gasteiger partial charge < -0.3 is 0 Å². The van der Waals surface area contributed by atoms with Crippen LogP contribution in [0.15, 0.2) is 11.6 Å². The summed E-state index contributed by atoms with van der Waals surface area (Å²) >= 11 is 5.12. The molecule has 2 rings (SSSR count). The Morgan fingerprint density at radius 2 is 1.68 bits per heavy atom. The molecule has 1 heterocycles. The van der Waals surface area contributed by atoms with Gasteiger partial charge in [-0.25, -0.2) is 21.8 Å². The standard InChI is InChI=1S/C11H8ClF4NOS/c1-5-2-3-17(19(18)4-5)11-9(15)7(13)6(12)8(14)10(11)16/h2H,3-4H2,1H3. The Labute approximate surface area is 114 Å². The van der Waals surface area contributed by atoms with Crippen molar-refractivity contribution in [3.8, 4) is 0 Å². The van der Waals surface area contributed by atoms with Crippen molar-refractivity contribution in [3.05, 3.63) is 39.9 Å². The van der Waals surface area contributed by atoms with E-state index >= 15 is 0 Å². The Balaban J connectivity index is 2.61. The first-order valence-corrected chi connectivity index (χ1v) is 6.83. The van der Waals surface area contributed by atoms with Crippen LogP contribution < -0.4 is 4.31 Å². The molecule has 1 aromatic rings. The van der Waals surface area contributed by atoms with Gasteiger partial charge in [0.1, 0.15) is 21.7 Å². The third kappa shape index (κ3) is 2.36. The molecule has 1 aliphatic heterocycles. The highest BCUT2D eigenvalue weighted by Gasteiger charge is 2.31. The lowest BCUT2D eigenvalue weighted by atomic mass is 10.2. The van der Waals surface area contributed by atoms with Gasteiger partial charge in [0.25, 0.3) is 0 Å². The van der Waals surface area contributed by atoms with Crippen molar-refractivity contribution >= 4 is 28.3 Å². The molecular weight excluding hydrogens is 306 g/mol. The van der Waals surface area contributed by atoms with Crippen molar-refractivity contribution in [1.82, 2.24) is 0 Å². The van der Waals surface area contributed by atoms with Gasteiger partial charge >= 0.3 is 0 Å². The molecule has 1 atom stereocenters. The van der Waals surface area contributed by atoms with Crippen LogP contribution in [0.2, 0.25) is 5.02 Å². The molecule has 0 amide bonds. The van der Waals surface area contributed by atoms with Gasteiger partial charge in [-0.1, -0.05) is 23.3 Å². The Morgan fingerprint density at radius 3 is 2.16 bits per heavy atom. The second kappa shape index (κ2) is 5.13. The average molecular weight is 314 g/mol. The second-order valence-electron chi connectivity index (χ2n) is 4.00. The van der Waals surface area contributed by atoms with E-state index in [-0.39, 0.29) is 12.3 Å². The van der Waals surface area contributed by atoms with E-state index in [9.17, 15) is 21.8 Å². The number of anilines is 1. The third-order valence-corrected chi connectivity index (χ3v) is 4.50. The van der Waals surface area contributed by atoms with Crippen molar-refractivity contribution in [2.75, 3.05) is 16.6 Å². The van der Waals surface area contributed by atoms with Gasteiger partial charge in [-0.15, -0.1) is 0 Å². The summed E-state index contributed by atoms with van der Waals surface area (Å²) in [4.78, 5) is 0. The molecule has 0 fully saturated rings. The van der Waals surface area contributed by atoms with Crippen LogP contribution in [0.1, 0.15) is 6.92 Å². The fourth-order valence-electron chi connectivity index (χ4n) is 1.66. The van der Waals surface area contributed by atoms with E-state index in [1.165, 1.54) is 0 Å². The zero-order chi connectivity index (χ0) is 14.3. The molecule has 8 heteroatoms. The first kappa shape index (κ1) is 14.3. The maximum absolute atomic E-state index is 13.7. The van der Waals surface area contributed by atoms with Gasteiger partial charge in [0.2, 0.25) is 0 Å². The topological polar surface area (TPSA) is 20.3 Å². The number of halogens is 5. The van der Waals surface area contributed by atoms with Crippen LogP contribution in [0.25, 0.3) is 0 Å². The van der Waals surface area contributed by atoms with Gasteiger partial charge in [-0.05, 0) is 6.92 Å². The predicted molar refractivity (Wildman–Crippen MR) is 65.4 cm³/mol. The highest BCUT2D eigenvalue weighted by molar-refractivity contribution is 7.86. The molecule has 1 aromatic carbocycles. The maximum atomic E-state index is 13.7. The van der Waals surface area contributed by atoms with Crippen LogP contribution >= 0.6 is 11.6 Å². The van der Waals surface area contributed by atoms with E-state index in [1.54, 1.807) is 13.0 Å². The van der Waals surface area contributed by atoms with Gasteiger partial charge in [-0.2, -0.15) is 0 Å². The van der Waals surface area contributed by atoms with Gasteiger partial charge in [-0.3, -0.25) is 4.31 Å². The Bertz CT molecular complexity index is 576. The summed E-state index contributed by atoms with van der Waals surface area (Å²) in [6.07, 6.45) is 1.57. The summed E-state index contributed by atoms with van der Waals surface area (Å²) in [5.74, 6) is -6.64. The Hall–Kier alpha value is -1.08. The number of hydrogen-bond donors (Lipinski definition) is 0. The molecule has 1 unspecified atom stereocenters. The van der Waals surface area contributed by atoms with Gasteiger partial charge in [0.15, 0.2) is 23.3 Å². The minimum absolute atomic E-state index is 0.0464. The normalized spacial score (nSPS) is 19.6. The minimum atomic E-state index is -1.79. The molecular formula is C11H8ClF4NOS. The lowest BCUT2D eigenvalue weighted by Gasteiger charge is -2.27. The smallest absolute Gasteiger partial charge is 0.187 e. The summed E-state index contributed by atoms with van der Waals surface area (Å²) in [5.41, 5.74) is -0.230. The maximum Gasteiger partial charge on any atom is 0.187 e. The van der Waals surface area contributed by atoms with Crippen LogP contribution in [0.4, 0.5) is 23.2 Å². The summed E-state index contributed by atoms with van der Waals surface area (Å²) in [6.45, 7) is 1.60. The van der Waals surface area contributed by atoms with Crippen molar-refractivity contribution in [2.45, 2.75) is 6.92 Å². The molecule has 0 spiro atoms. The third-order valence-electron chi connectivity index (χ3n) is 2.64. The molecule has 19 heavy (non-hydrogen) atoms. The molecule has 0 saturated heterocycles. The highest BCUT2D eigenvalue weighted by atomic mass is 35.5. The van der Waals surface area contributed by atoms with Crippen molar-refractivity contribution in [3.63, 3.8) is 0 Å². The van der Waals surface area contributed by atoms with Crippen LogP contribution in [-0.4, -0.2) is 16.5 Å². The fourth-order valence-corrected chi connectivity index (χ4v) is 3.09. The lowest BCUT2D eigenvalue weighted by Crippen LogP contribution is -2.33. The van der Waals surface area contributed by atoms with Crippen molar-refractivity contribution in [2.24, 2.45) is 0 Å². The molecule has 104 valence electrons. The lowest BCUT2D eigenvalue weighted by molar-refractivity contribution is 0.457. The quantitative estimate of drug-likeness (QED) is 0.337. The van der Waals surface area contributed by atoms with E-state index in [0.29, 0.717) is 0 Å². The largest absolute Gasteiger partial charge is 0.282 e. The fraction of sp³-hybridized carbons (Fsp3) is 0.273. The molecule has 0 bridgehead atoms. The Kier molecular flexibility index (Phi) is 3.87. The predicted octanol–water partition coefficient (Wildman–Crippen LogP) is 3.33. The molecule has 1 aliphatic rings. The summed E-state index contributed by atoms with van der Waals surface area (Å²) in [6, 6.07) is 0. The first-order chi connectivity index (χ1) is 8.84. The first-order valence-electron chi connectivity index (χ1n) is 5.17. The molecule has 0 N–H and O–H groups in total. The zero-order valence-electron chi connectivity index (χ0n) is 9.65. The molecule has 0 aliphatic carbocycles. The van der Waals surface area contributed by atoms with Gasteiger partial charge in [0.05, 0.1) is 12.3 Å². The number of benzene rings is 1. The van der Waals surface area contributed by atoms with Crippen molar-refractivity contribution in [1.29, 1.82) is 0 Å². The van der Waals surface area contributed by atoms with E-state index in [2.05, 4.69) is 0 Å². The van der Waals surface area contributed by atoms with Crippen LogP contribution in [0.5, 0.6) is 0 Å². The van der Waals surface area contributed by atoms with Crippen LogP contribution in [0.3, 0.4) is 0 Å². The van der Waals surface area contributed by atoms with Crippen LogP contribution in [-0.2, 0) is 11.0 Å². The number of hydrogen-bond acceptors (Lipinski definition) is 1. The van der Waals surface area contributed by atoms with E-state index in [1.807, 2.05) is 0 Å². The zero-order valence-corrected chi connectivity index (χ0v) is 11.2. The van der Waals surface area contributed by atoms with E-state index < -0.39 is 45.0 Å². The molecule has 0 radical (unpaired) electrons. The number of rotatable bonds is 1. The molecule has 0 aromatic heterocycles. The van der Waals surface area contributed by atoms with E-state index in [0.717, 1.165) is 9.88 Å². The van der Waals surface area contributed by atoms with Gasteiger partial charge in [0, 0.05) is 0 Å². The molecule has 0 saturated carbocycles.